The summed E-state index contributed by atoms with van der Waals surface area (Å²) in [5, 5.41) is 0. The average Bonchev–Trinajstić information content (AvgIpc) is 2.62. The maximum absolute atomic E-state index is 11.8. The molecule has 0 spiro atoms. The number of carbonyl (C=O) groups excluding carboxylic acids is 1. The SMILES string of the molecule is C[C@H]1C2CCC(=O)N3CCC[C@@H]3CC21. The van der Waals surface area contributed by atoms with Crippen LogP contribution >= 0.6 is 0 Å². The van der Waals surface area contributed by atoms with Crippen LogP contribution in [0.2, 0.25) is 0 Å². The van der Waals surface area contributed by atoms with Gasteiger partial charge in [0, 0.05) is 19.0 Å². The Morgan fingerprint density at radius 3 is 3.00 bits per heavy atom. The smallest absolute Gasteiger partial charge is 0.222 e. The Hall–Kier alpha value is -0.530. The molecular weight excluding hydrogens is 174 g/mol. The highest BCUT2D eigenvalue weighted by Crippen LogP contribution is 2.53. The number of hydrogen-bond donors (Lipinski definition) is 0. The van der Waals surface area contributed by atoms with E-state index < -0.39 is 0 Å². The van der Waals surface area contributed by atoms with Gasteiger partial charge in [0.05, 0.1) is 0 Å². The van der Waals surface area contributed by atoms with Crippen LogP contribution < -0.4 is 0 Å². The lowest BCUT2D eigenvalue weighted by atomic mass is 10.0. The number of hydrogen-bond acceptors (Lipinski definition) is 1. The molecule has 2 saturated heterocycles. The fourth-order valence-electron chi connectivity index (χ4n) is 3.66. The first-order chi connectivity index (χ1) is 6.77. The fourth-order valence-corrected chi connectivity index (χ4v) is 3.66. The van der Waals surface area contributed by atoms with E-state index in [1.165, 1.54) is 19.3 Å². The molecule has 4 atom stereocenters. The van der Waals surface area contributed by atoms with Crippen LogP contribution in [0.5, 0.6) is 0 Å². The topological polar surface area (TPSA) is 20.3 Å². The second-order valence-electron chi connectivity index (χ2n) is 5.34. The van der Waals surface area contributed by atoms with Gasteiger partial charge in [0.15, 0.2) is 0 Å². The van der Waals surface area contributed by atoms with Crippen molar-refractivity contribution in [2.75, 3.05) is 6.54 Å². The zero-order chi connectivity index (χ0) is 9.71. The number of nitrogens with zero attached hydrogens (tertiary/aromatic N) is 1. The normalized spacial score (nSPS) is 46.6. The van der Waals surface area contributed by atoms with Crippen molar-refractivity contribution < 1.29 is 4.79 Å². The predicted octanol–water partition coefficient (Wildman–Crippen LogP) is 2.04. The minimum Gasteiger partial charge on any atom is -0.340 e. The lowest BCUT2D eigenvalue weighted by Crippen LogP contribution is -2.36. The molecule has 0 aromatic carbocycles. The molecule has 3 fully saturated rings. The lowest BCUT2D eigenvalue weighted by molar-refractivity contribution is -0.132. The van der Waals surface area contributed by atoms with Crippen molar-refractivity contribution in [1.82, 2.24) is 4.90 Å². The van der Waals surface area contributed by atoms with Crippen molar-refractivity contribution in [3.8, 4) is 0 Å². The maximum atomic E-state index is 11.8. The number of rotatable bonds is 0. The van der Waals surface area contributed by atoms with Crippen LogP contribution in [0.15, 0.2) is 0 Å². The zero-order valence-electron chi connectivity index (χ0n) is 8.91. The summed E-state index contributed by atoms with van der Waals surface area (Å²) in [4.78, 5) is 14.0. The highest BCUT2D eigenvalue weighted by atomic mass is 16.2. The summed E-state index contributed by atoms with van der Waals surface area (Å²) >= 11 is 0. The molecule has 3 aliphatic rings. The van der Waals surface area contributed by atoms with Crippen LogP contribution in [0.1, 0.15) is 39.0 Å². The third-order valence-corrected chi connectivity index (χ3v) is 4.69. The van der Waals surface area contributed by atoms with Gasteiger partial charge < -0.3 is 4.90 Å². The highest BCUT2D eigenvalue weighted by Gasteiger charge is 2.49. The summed E-state index contributed by atoms with van der Waals surface area (Å²) in [6, 6.07) is 0.611. The van der Waals surface area contributed by atoms with Crippen molar-refractivity contribution in [1.29, 1.82) is 0 Å². The molecule has 2 unspecified atom stereocenters. The summed E-state index contributed by atoms with van der Waals surface area (Å²) in [6.07, 6.45) is 5.79. The Kier molecular flexibility index (Phi) is 1.86. The van der Waals surface area contributed by atoms with Gasteiger partial charge in [-0.2, -0.15) is 0 Å². The van der Waals surface area contributed by atoms with Crippen LogP contribution in [0, 0.1) is 17.8 Å². The van der Waals surface area contributed by atoms with Crippen molar-refractivity contribution in [3.63, 3.8) is 0 Å². The second kappa shape index (κ2) is 2.98. The lowest BCUT2D eigenvalue weighted by Gasteiger charge is -2.26. The van der Waals surface area contributed by atoms with E-state index in [0.717, 1.165) is 37.1 Å². The first-order valence-electron chi connectivity index (χ1n) is 6.07. The second-order valence-corrected chi connectivity index (χ2v) is 5.34. The van der Waals surface area contributed by atoms with Crippen LogP contribution in [-0.4, -0.2) is 23.4 Å². The van der Waals surface area contributed by atoms with E-state index in [0.29, 0.717) is 11.9 Å². The monoisotopic (exact) mass is 193 g/mol. The van der Waals surface area contributed by atoms with Crippen LogP contribution in [-0.2, 0) is 4.79 Å². The standard InChI is InChI=1S/C12H19NO/c1-8-10-4-5-12(14)13-6-2-3-9(13)7-11(8)10/h8-11H,2-7H2,1H3/t8-,9+,10?,11?/m0/s1. The van der Waals surface area contributed by atoms with E-state index in [2.05, 4.69) is 11.8 Å². The molecule has 78 valence electrons. The minimum absolute atomic E-state index is 0.435. The van der Waals surface area contributed by atoms with Crippen molar-refractivity contribution in [2.24, 2.45) is 17.8 Å². The van der Waals surface area contributed by atoms with Gasteiger partial charge >= 0.3 is 0 Å². The Balaban J connectivity index is 1.77. The molecule has 2 nitrogen and oxygen atoms in total. The first kappa shape index (κ1) is 8.75. The third kappa shape index (κ3) is 1.19. The molecule has 0 bridgehead atoms. The molecular formula is C12H19NO. The molecule has 0 N–H and O–H groups in total. The number of fused-ring (bicyclic) bond motifs is 2. The molecule has 3 rings (SSSR count). The average molecular weight is 193 g/mol. The molecule has 0 radical (unpaired) electrons. The van der Waals surface area contributed by atoms with Crippen LogP contribution in [0.25, 0.3) is 0 Å². The van der Waals surface area contributed by atoms with Crippen molar-refractivity contribution in [3.05, 3.63) is 0 Å². The summed E-state index contributed by atoms with van der Waals surface area (Å²) in [7, 11) is 0. The third-order valence-electron chi connectivity index (χ3n) is 4.69. The molecule has 1 saturated carbocycles. The van der Waals surface area contributed by atoms with E-state index >= 15 is 0 Å². The Morgan fingerprint density at radius 1 is 1.29 bits per heavy atom. The van der Waals surface area contributed by atoms with Gasteiger partial charge in [-0.3, -0.25) is 4.79 Å². The molecule has 0 aromatic heterocycles. The minimum atomic E-state index is 0.435. The Labute approximate surface area is 85.7 Å². The summed E-state index contributed by atoms with van der Waals surface area (Å²) < 4.78 is 0. The van der Waals surface area contributed by atoms with Crippen LogP contribution in [0.3, 0.4) is 0 Å². The van der Waals surface area contributed by atoms with Gasteiger partial charge in [0.25, 0.3) is 0 Å². The Morgan fingerprint density at radius 2 is 2.14 bits per heavy atom. The summed E-state index contributed by atoms with van der Waals surface area (Å²) in [5.41, 5.74) is 0. The number of amides is 1. The van der Waals surface area contributed by atoms with Crippen molar-refractivity contribution >= 4 is 5.91 Å². The summed E-state index contributed by atoms with van der Waals surface area (Å²) in [6.45, 7) is 3.40. The predicted molar refractivity (Wildman–Crippen MR) is 54.7 cm³/mol. The molecule has 1 aliphatic carbocycles. The van der Waals surface area contributed by atoms with Gasteiger partial charge in [-0.05, 0) is 43.4 Å². The Bertz CT molecular complexity index is 263. The fraction of sp³-hybridized carbons (Fsp3) is 0.917. The van der Waals surface area contributed by atoms with Gasteiger partial charge in [-0.25, -0.2) is 0 Å². The van der Waals surface area contributed by atoms with E-state index in [1.807, 2.05) is 0 Å². The quantitative estimate of drug-likeness (QED) is 0.576. The molecule has 14 heavy (non-hydrogen) atoms. The number of carbonyl (C=O) groups is 1. The molecule has 2 aliphatic heterocycles. The van der Waals surface area contributed by atoms with Crippen LogP contribution in [0.4, 0.5) is 0 Å². The van der Waals surface area contributed by atoms with E-state index in [9.17, 15) is 4.79 Å². The highest BCUT2D eigenvalue weighted by molar-refractivity contribution is 5.77. The first-order valence-corrected chi connectivity index (χ1v) is 6.07. The zero-order valence-corrected chi connectivity index (χ0v) is 8.91. The van der Waals surface area contributed by atoms with E-state index in [1.54, 1.807) is 0 Å². The van der Waals surface area contributed by atoms with Crippen molar-refractivity contribution in [2.45, 2.75) is 45.1 Å². The van der Waals surface area contributed by atoms with E-state index in [4.69, 9.17) is 0 Å². The molecule has 0 aromatic rings. The van der Waals surface area contributed by atoms with Gasteiger partial charge in [0.1, 0.15) is 0 Å². The van der Waals surface area contributed by atoms with E-state index in [-0.39, 0.29) is 0 Å². The van der Waals surface area contributed by atoms with Gasteiger partial charge in [-0.15, -0.1) is 0 Å². The molecule has 1 amide bonds. The summed E-state index contributed by atoms with van der Waals surface area (Å²) in [5.74, 6) is 3.18. The largest absolute Gasteiger partial charge is 0.340 e. The molecule has 2 heteroatoms. The molecule has 2 heterocycles. The van der Waals surface area contributed by atoms with Gasteiger partial charge in [0.2, 0.25) is 5.91 Å². The maximum Gasteiger partial charge on any atom is 0.222 e. The van der Waals surface area contributed by atoms with Gasteiger partial charge in [-0.1, -0.05) is 6.92 Å².